The molecule has 9 nitrogen and oxygen atoms in total. The number of hydrogen-bond donors (Lipinski definition) is 6. The first-order valence-corrected chi connectivity index (χ1v) is 24.2. The number of unbranched alkanes of at least 4 members (excludes halogenated alkanes) is 31. The standard InChI is InChI=1S/C47H93NO8/c1-3-5-6-7-8-9-10-11-12-13-14-15-16-17-18-19-20-21-22-23-24-25-26-27-28-29-30-31-32-33-34-35-37-41(50)40(48-43(51)36-4-2)39-55-47-46(54)45(53)44(52)42(38-49)56-47/h40-42,44-47,49-50,52-54H,3-39H2,1-2H3,(H,48,51). The van der Waals surface area contributed by atoms with Gasteiger partial charge in [0.1, 0.15) is 24.4 Å². The molecule has 1 saturated heterocycles. The first-order chi connectivity index (χ1) is 27.3. The second kappa shape index (κ2) is 38.4. The fourth-order valence-corrected chi connectivity index (χ4v) is 8.09. The van der Waals surface area contributed by atoms with Crippen LogP contribution in [0.1, 0.15) is 239 Å². The van der Waals surface area contributed by atoms with E-state index in [-0.39, 0.29) is 12.5 Å². The van der Waals surface area contributed by atoms with Gasteiger partial charge in [-0.15, -0.1) is 0 Å². The molecule has 56 heavy (non-hydrogen) atoms. The average Bonchev–Trinajstić information content (AvgIpc) is 3.19. The minimum atomic E-state index is -1.54. The molecule has 0 aromatic heterocycles. The van der Waals surface area contributed by atoms with Crippen LogP contribution in [0.15, 0.2) is 0 Å². The zero-order valence-corrected chi connectivity index (χ0v) is 36.7. The number of aliphatic hydroxyl groups excluding tert-OH is 5. The summed E-state index contributed by atoms with van der Waals surface area (Å²) in [6.45, 7) is 3.51. The van der Waals surface area contributed by atoms with Crippen LogP contribution in [0.2, 0.25) is 0 Å². The van der Waals surface area contributed by atoms with Crippen molar-refractivity contribution in [2.45, 2.75) is 281 Å². The summed E-state index contributed by atoms with van der Waals surface area (Å²) in [5, 5.41) is 53.5. The highest BCUT2D eigenvalue weighted by Gasteiger charge is 2.44. The van der Waals surface area contributed by atoms with Gasteiger partial charge in [0.15, 0.2) is 6.29 Å². The minimum Gasteiger partial charge on any atom is -0.394 e. The number of hydrogen-bond acceptors (Lipinski definition) is 8. The second-order valence-corrected chi connectivity index (χ2v) is 17.3. The lowest BCUT2D eigenvalue weighted by Gasteiger charge is -2.40. The summed E-state index contributed by atoms with van der Waals surface area (Å²) in [5.74, 6) is -0.194. The molecule has 6 N–H and O–H groups in total. The molecular formula is C47H93NO8. The predicted molar refractivity (Wildman–Crippen MR) is 231 cm³/mol. The molecule has 7 atom stereocenters. The molecule has 1 fully saturated rings. The fraction of sp³-hybridized carbons (Fsp3) is 0.979. The number of aliphatic hydroxyl groups is 5. The van der Waals surface area contributed by atoms with Gasteiger partial charge in [0.2, 0.25) is 5.91 Å². The smallest absolute Gasteiger partial charge is 0.220 e. The van der Waals surface area contributed by atoms with Crippen molar-refractivity contribution in [1.29, 1.82) is 0 Å². The van der Waals surface area contributed by atoms with Crippen molar-refractivity contribution in [3.8, 4) is 0 Å². The molecule has 0 radical (unpaired) electrons. The van der Waals surface area contributed by atoms with Gasteiger partial charge >= 0.3 is 0 Å². The Kier molecular flexibility index (Phi) is 36.5. The van der Waals surface area contributed by atoms with Crippen molar-refractivity contribution in [2.75, 3.05) is 13.2 Å². The molecule has 1 heterocycles. The second-order valence-electron chi connectivity index (χ2n) is 17.3. The molecule has 1 rings (SSSR count). The molecule has 1 aliphatic rings. The van der Waals surface area contributed by atoms with Crippen molar-refractivity contribution >= 4 is 5.91 Å². The Morgan fingerprint density at radius 2 is 0.893 bits per heavy atom. The fourth-order valence-electron chi connectivity index (χ4n) is 8.09. The number of carbonyl (C=O) groups excluding carboxylic acids is 1. The maximum Gasteiger partial charge on any atom is 0.220 e. The largest absolute Gasteiger partial charge is 0.394 e. The summed E-state index contributed by atoms with van der Waals surface area (Å²) >= 11 is 0. The molecule has 1 amide bonds. The Bertz CT molecular complexity index is 847. The first-order valence-electron chi connectivity index (χ1n) is 24.2. The number of nitrogens with one attached hydrogen (secondary N) is 1. The van der Waals surface area contributed by atoms with Gasteiger partial charge in [-0.05, 0) is 12.8 Å². The molecule has 9 heteroatoms. The lowest BCUT2D eigenvalue weighted by molar-refractivity contribution is -0.302. The van der Waals surface area contributed by atoms with Crippen LogP contribution in [-0.2, 0) is 14.3 Å². The van der Waals surface area contributed by atoms with Gasteiger partial charge in [0.05, 0.1) is 25.4 Å². The normalized spacial score (nSPS) is 21.0. The summed E-state index contributed by atoms with van der Waals surface area (Å²) in [6.07, 6.45) is 37.5. The molecule has 0 spiro atoms. The van der Waals surface area contributed by atoms with Crippen LogP contribution in [0, 0.1) is 0 Å². The van der Waals surface area contributed by atoms with Crippen LogP contribution in [0.4, 0.5) is 0 Å². The number of ether oxygens (including phenoxy) is 2. The Balaban J connectivity index is 1.91. The molecule has 7 unspecified atom stereocenters. The van der Waals surface area contributed by atoms with Crippen molar-refractivity contribution in [3.63, 3.8) is 0 Å². The van der Waals surface area contributed by atoms with E-state index < -0.39 is 49.5 Å². The highest BCUT2D eigenvalue weighted by atomic mass is 16.7. The summed E-state index contributed by atoms with van der Waals surface area (Å²) in [4.78, 5) is 12.3. The zero-order valence-electron chi connectivity index (χ0n) is 36.7. The van der Waals surface area contributed by atoms with Crippen molar-refractivity contribution in [2.24, 2.45) is 0 Å². The van der Waals surface area contributed by atoms with E-state index in [1.807, 2.05) is 6.92 Å². The summed E-state index contributed by atoms with van der Waals surface area (Å²) < 4.78 is 11.1. The van der Waals surface area contributed by atoms with Gasteiger partial charge in [-0.25, -0.2) is 0 Å². The number of rotatable bonds is 41. The third-order valence-electron chi connectivity index (χ3n) is 11.9. The van der Waals surface area contributed by atoms with E-state index in [4.69, 9.17) is 9.47 Å². The zero-order chi connectivity index (χ0) is 40.9. The average molecular weight is 800 g/mol. The number of carbonyl (C=O) groups is 1. The molecular weight excluding hydrogens is 707 g/mol. The van der Waals surface area contributed by atoms with Gasteiger partial charge in [-0.1, -0.05) is 219 Å². The quantitative estimate of drug-likeness (QED) is 0.0335. The van der Waals surface area contributed by atoms with Crippen LogP contribution in [0.3, 0.4) is 0 Å². The van der Waals surface area contributed by atoms with Crippen LogP contribution in [0.25, 0.3) is 0 Å². The lowest BCUT2D eigenvalue weighted by Crippen LogP contribution is -2.60. The van der Waals surface area contributed by atoms with Crippen molar-refractivity contribution in [1.82, 2.24) is 5.32 Å². The Morgan fingerprint density at radius 3 is 1.23 bits per heavy atom. The maximum atomic E-state index is 12.3. The molecule has 0 saturated carbocycles. The Morgan fingerprint density at radius 1 is 0.536 bits per heavy atom. The van der Waals surface area contributed by atoms with Gasteiger partial charge in [-0.2, -0.15) is 0 Å². The van der Waals surface area contributed by atoms with E-state index in [2.05, 4.69) is 12.2 Å². The van der Waals surface area contributed by atoms with Crippen molar-refractivity contribution < 1.29 is 39.8 Å². The Labute approximate surface area is 344 Å². The van der Waals surface area contributed by atoms with E-state index >= 15 is 0 Å². The van der Waals surface area contributed by atoms with Gasteiger partial charge in [-0.3, -0.25) is 4.79 Å². The predicted octanol–water partition coefficient (Wildman–Crippen LogP) is 10.3. The van der Waals surface area contributed by atoms with Gasteiger partial charge in [0.25, 0.3) is 0 Å². The SMILES string of the molecule is CCCCCCCCCCCCCCCCCCCCCCCCCCCCCCCCCCC(O)C(COC1OC(CO)C(O)C(O)C1O)NC(=O)CCC. The molecule has 0 aromatic carbocycles. The summed E-state index contributed by atoms with van der Waals surface area (Å²) in [7, 11) is 0. The van der Waals surface area contributed by atoms with E-state index in [9.17, 15) is 30.3 Å². The summed E-state index contributed by atoms with van der Waals surface area (Å²) in [5.41, 5.74) is 0. The van der Waals surface area contributed by atoms with E-state index in [0.29, 0.717) is 19.3 Å². The topological polar surface area (TPSA) is 149 Å². The molecule has 0 aromatic rings. The molecule has 334 valence electrons. The molecule has 1 aliphatic heterocycles. The Hall–Kier alpha value is -0.810. The lowest BCUT2D eigenvalue weighted by atomic mass is 9.99. The van der Waals surface area contributed by atoms with Crippen LogP contribution in [-0.4, -0.2) is 87.5 Å². The van der Waals surface area contributed by atoms with Crippen LogP contribution < -0.4 is 5.32 Å². The van der Waals surface area contributed by atoms with E-state index in [1.165, 1.54) is 186 Å². The van der Waals surface area contributed by atoms with Crippen LogP contribution >= 0.6 is 0 Å². The van der Waals surface area contributed by atoms with E-state index in [0.717, 1.165) is 19.3 Å². The highest BCUT2D eigenvalue weighted by Crippen LogP contribution is 2.23. The number of amides is 1. The minimum absolute atomic E-state index is 0.140. The monoisotopic (exact) mass is 800 g/mol. The highest BCUT2D eigenvalue weighted by molar-refractivity contribution is 5.76. The maximum absolute atomic E-state index is 12.3. The van der Waals surface area contributed by atoms with E-state index in [1.54, 1.807) is 0 Å². The third kappa shape index (κ3) is 28.6. The van der Waals surface area contributed by atoms with Gasteiger partial charge in [0, 0.05) is 6.42 Å². The van der Waals surface area contributed by atoms with Gasteiger partial charge < -0.3 is 40.3 Å². The third-order valence-corrected chi connectivity index (χ3v) is 11.9. The molecule has 0 aliphatic carbocycles. The van der Waals surface area contributed by atoms with Crippen LogP contribution in [0.5, 0.6) is 0 Å². The summed E-state index contributed by atoms with van der Waals surface area (Å²) in [6, 6.07) is -0.708. The molecule has 0 bridgehead atoms. The van der Waals surface area contributed by atoms with Crippen molar-refractivity contribution in [3.05, 3.63) is 0 Å². The first kappa shape index (κ1) is 53.2.